The lowest BCUT2D eigenvalue weighted by Crippen LogP contribution is -2.11. The first-order valence-corrected chi connectivity index (χ1v) is 6.43. The predicted octanol–water partition coefficient (Wildman–Crippen LogP) is 3.03. The molecule has 2 aromatic heterocycles. The Bertz CT molecular complexity index is 557. The van der Waals surface area contributed by atoms with Gasteiger partial charge in [0.25, 0.3) is 0 Å². The van der Waals surface area contributed by atoms with Gasteiger partial charge in [0.05, 0.1) is 12.4 Å². The number of rotatable bonds is 5. The van der Waals surface area contributed by atoms with Gasteiger partial charge in [0, 0.05) is 6.54 Å². The molecule has 0 aliphatic rings. The largest absolute Gasteiger partial charge is 0.444 e. The second-order valence-electron chi connectivity index (χ2n) is 4.10. The first-order valence-electron chi connectivity index (χ1n) is 6.05. The van der Waals surface area contributed by atoms with Crippen LogP contribution in [0.3, 0.4) is 0 Å². The van der Waals surface area contributed by atoms with Gasteiger partial charge in [-0.1, -0.05) is 11.6 Å². The van der Waals surface area contributed by atoms with Crippen LogP contribution >= 0.6 is 11.6 Å². The van der Waals surface area contributed by atoms with E-state index in [1.165, 1.54) is 0 Å². The minimum atomic E-state index is -0.129. The van der Waals surface area contributed by atoms with Crippen LogP contribution in [-0.2, 0) is 0 Å². The molecule has 0 aliphatic heterocycles. The zero-order valence-corrected chi connectivity index (χ0v) is 11.8. The molecule has 2 heterocycles. The van der Waals surface area contributed by atoms with E-state index in [0.29, 0.717) is 22.7 Å². The summed E-state index contributed by atoms with van der Waals surface area (Å²) in [6, 6.07) is -0.129. The number of nitrogens with zero attached hydrogens (tertiary/aromatic N) is 3. The summed E-state index contributed by atoms with van der Waals surface area (Å²) in [5.41, 5.74) is 0. The van der Waals surface area contributed by atoms with Crippen molar-refractivity contribution >= 4 is 23.4 Å². The van der Waals surface area contributed by atoms with Gasteiger partial charge in [0.1, 0.15) is 16.8 Å². The van der Waals surface area contributed by atoms with Crippen LogP contribution in [0.5, 0.6) is 0 Å². The van der Waals surface area contributed by atoms with Crippen molar-refractivity contribution in [3.63, 3.8) is 0 Å². The third-order valence-corrected chi connectivity index (χ3v) is 2.72. The SMILES string of the molecule is CCNc1ncc(Cl)c(NC(C)c2ncc(C)o2)n1. The van der Waals surface area contributed by atoms with E-state index < -0.39 is 0 Å². The number of anilines is 2. The number of hydrogen-bond donors (Lipinski definition) is 2. The zero-order chi connectivity index (χ0) is 13.8. The fraction of sp³-hybridized carbons (Fsp3) is 0.417. The van der Waals surface area contributed by atoms with E-state index in [1.54, 1.807) is 12.4 Å². The predicted molar refractivity (Wildman–Crippen MR) is 74.5 cm³/mol. The summed E-state index contributed by atoms with van der Waals surface area (Å²) in [6.07, 6.45) is 3.24. The normalized spacial score (nSPS) is 12.2. The summed E-state index contributed by atoms with van der Waals surface area (Å²) in [4.78, 5) is 12.5. The molecule has 2 N–H and O–H groups in total. The lowest BCUT2D eigenvalue weighted by atomic mass is 10.3. The summed E-state index contributed by atoms with van der Waals surface area (Å²) < 4.78 is 5.46. The minimum absolute atomic E-state index is 0.129. The molecule has 0 aromatic carbocycles. The summed E-state index contributed by atoms with van der Waals surface area (Å²) in [6.45, 7) is 6.50. The topological polar surface area (TPSA) is 75.9 Å². The number of nitrogens with one attached hydrogen (secondary N) is 2. The molecule has 0 saturated carbocycles. The Morgan fingerprint density at radius 3 is 2.79 bits per heavy atom. The van der Waals surface area contributed by atoms with Crippen molar-refractivity contribution in [3.8, 4) is 0 Å². The first-order chi connectivity index (χ1) is 9.10. The fourth-order valence-electron chi connectivity index (χ4n) is 1.55. The average Bonchev–Trinajstić information content (AvgIpc) is 2.80. The summed E-state index contributed by atoms with van der Waals surface area (Å²) in [7, 11) is 0. The maximum Gasteiger partial charge on any atom is 0.224 e. The van der Waals surface area contributed by atoms with Crippen molar-refractivity contribution in [2.75, 3.05) is 17.2 Å². The highest BCUT2D eigenvalue weighted by molar-refractivity contribution is 6.32. The number of oxazole rings is 1. The van der Waals surface area contributed by atoms with Gasteiger partial charge in [-0.25, -0.2) is 9.97 Å². The van der Waals surface area contributed by atoms with Crippen molar-refractivity contribution in [3.05, 3.63) is 29.1 Å². The van der Waals surface area contributed by atoms with E-state index in [1.807, 2.05) is 20.8 Å². The smallest absolute Gasteiger partial charge is 0.224 e. The molecule has 102 valence electrons. The van der Waals surface area contributed by atoms with Crippen LogP contribution in [0, 0.1) is 6.92 Å². The molecule has 0 radical (unpaired) electrons. The molecule has 6 nitrogen and oxygen atoms in total. The van der Waals surface area contributed by atoms with Gasteiger partial charge in [-0.05, 0) is 20.8 Å². The average molecular weight is 282 g/mol. The lowest BCUT2D eigenvalue weighted by molar-refractivity contribution is 0.453. The monoisotopic (exact) mass is 281 g/mol. The van der Waals surface area contributed by atoms with Crippen molar-refractivity contribution in [2.45, 2.75) is 26.8 Å². The number of hydrogen-bond acceptors (Lipinski definition) is 6. The molecule has 2 aromatic rings. The van der Waals surface area contributed by atoms with Crippen LogP contribution < -0.4 is 10.6 Å². The van der Waals surface area contributed by atoms with Crippen LogP contribution in [-0.4, -0.2) is 21.5 Å². The molecule has 19 heavy (non-hydrogen) atoms. The maximum atomic E-state index is 6.07. The van der Waals surface area contributed by atoms with Gasteiger partial charge in [-0.3, -0.25) is 0 Å². The van der Waals surface area contributed by atoms with Gasteiger partial charge >= 0.3 is 0 Å². The zero-order valence-electron chi connectivity index (χ0n) is 11.1. The van der Waals surface area contributed by atoms with Crippen LogP contribution in [0.4, 0.5) is 11.8 Å². The Morgan fingerprint density at radius 1 is 1.37 bits per heavy atom. The Kier molecular flexibility index (Phi) is 4.21. The molecule has 0 amide bonds. The van der Waals surface area contributed by atoms with Crippen molar-refractivity contribution in [2.24, 2.45) is 0 Å². The van der Waals surface area contributed by atoms with Crippen LogP contribution in [0.25, 0.3) is 0 Å². The third-order valence-electron chi connectivity index (χ3n) is 2.44. The van der Waals surface area contributed by atoms with Gasteiger partial charge in [-0.2, -0.15) is 4.98 Å². The minimum Gasteiger partial charge on any atom is -0.444 e. The van der Waals surface area contributed by atoms with Crippen LogP contribution in [0.15, 0.2) is 16.8 Å². The van der Waals surface area contributed by atoms with E-state index in [-0.39, 0.29) is 6.04 Å². The van der Waals surface area contributed by atoms with Gasteiger partial charge < -0.3 is 15.1 Å². The highest BCUT2D eigenvalue weighted by Crippen LogP contribution is 2.24. The third kappa shape index (κ3) is 3.35. The highest BCUT2D eigenvalue weighted by atomic mass is 35.5. The Balaban J connectivity index is 2.15. The molecule has 0 bridgehead atoms. The van der Waals surface area contributed by atoms with E-state index in [9.17, 15) is 0 Å². The van der Waals surface area contributed by atoms with Crippen molar-refractivity contribution in [1.29, 1.82) is 0 Å². The summed E-state index contributed by atoms with van der Waals surface area (Å²) >= 11 is 6.07. The number of halogens is 1. The van der Waals surface area contributed by atoms with Gasteiger partial charge in [-0.15, -0.1) is 0 Å². The Hall–Kier alpha value is -1.82. The quantitative estimate of drug-likeness (QED) is 0.877. The van der Waals surface area contributed by atoms with Crippen molar-refractivity contribution in [1.82, 2.24) is 15.0 Å². The Labute approximate surface area is 116 Å². The standard InChI is InChI=1S/C12H16ClN5O/c1-4-14-12-16-6-9(13)10(18-12)17-8(3)11-15-5-7(2)19-11/h5-6,8H,4H2,1-3H3,(H2,14,16,17,18). The fourth-order valence-corrected chi connectivity index (χ4v) is 1.70. The lowest BCUT2D eigenvalue weighted by Gasteiger charge is -2.13. The molecule has 0 saturated heterocycles. The highest BCUT2D eigenvalue weighted by Gasteiger charge is 2.14. The molecule has 0 fully saturated rings. The van der Waals surface area contributed by atoms with Gasteiger partial charge in [0.2, 0.25) is 11.8 Å². The summed E-state index contributed by atoms with van der Waals surface area (Å²) in [5.74, 6) is 2.45. The maximum absolute atomic E-state index is 6.07. The number of aryl methyl sites for hydroxylation is 1. The molecular weight excluding hydrogens is 266 g/mol. The molecule has 1 unspecified atom stereocenters. The molecule has 7 heteroatoms. The second-order valence-corrected chi connectivity index (χ2v) is 4.50. The molecule has 2 rings (SSSR count). The van der Waals surface area contributed by atoms with Crippen LogP contribution in [0.1, 0.15) is 31.5 Å². The molecule has 1 atom stereocenters. The Morgan fingerprint density at radius 2 is 2.16 bits per heavy atom. The van der Waals surface area contributed by atoms with E-state index in [0.717, 1.165) is 12.3 Å². The molecule has 0 aliphatic carbocycles. The van der Waals surface area contributed by atoms with Gasteiger partial charge in [0.15, 0.2) is 5.82 Å². The van der Waals surface area contributed by atoms with E-state index in [4.69, 9.17) is 16.0 Å². The molecular formula is C12H16ClN5O. The number of aromatic nitrogens is 3. The molecule has 0 spiro atoms. The van der Waals surface area contributed by atoms with E-state index >= 15 is 0 Å². The van der Waals surface area contributed by atoms with Crippen molar-refractivity contribution < 1.29 is 4.42 Å². The first kappa shape index (κ1) is 13.6. The van der Waals surface area contributed by atoms with E-state index in [2.05, 4.69) is 25.6 Å². The summed E-state index contributed by atoms with van der Waals surface area (Å²) in [5, 5.41) is 6.65. The second kappa shape index (κ2) is 5.88. The van der Waals surface area contributed by atoms with Crippen LogP contribution in [0.2, 0.25) is 5.02 Å².